The predicted molar refractivity (Wildman–Crippen MR) is 82.2 cm³/mol. The maximum absolute atomic E-state index is 12.3. The molecule has 0 amide bonds. The fraction of sp³-hybridized carbons (Fsp3) is 0.357. The first-order chi connectivity index (χ1) is 9.83. The molecule has 0 aliphatic carbocycles. The van der Waals surface area contributed by atoms with Gasteiger partial charge in [0.25, 0.3) is 0 Å². The van der Waals surface area contributed by atoms with Gasteiger partial charge in [0.1, 0.15) is 0 Å². The third kappa shape index (κ3) is 3.43. The van der Waals surface area contributed by atoms with Crippen LogP contribution in [0, 0.1) is 6.92 Å². The van der Waals surface area contributed by atoms with E-state index < -0.39 is 10.0 Å². The first-order valence-electron chi connectivity index (χ1n) is 6.70. The summed E-state index contributed by atoms with van der Waals surface area (Å²) >= 11 is 0. The van der Waals surface area contributed by atoms with Crippen LogP contribution in [0.5, 0.6) is 0 Å². The van der Waals surface area contributed by atoms with E-state index in [0.717, 1.165) is 23.2 Å². The highest BCUT2D eigenvalue weighted by molar-refractivity contribution is 7.89. The van der Waals surface area contributed by atoms with Crippen LogP contribution in [0.3, 0.4) is 0 Å². The third-order valence-corrected chi connectivity index (χ3v) is 4.78. The molecule has 114 valence electrons. The van der Waals surface area contributed by atoms with Crippen molar-refractivity contribution in [1.82, 2.24) is 14.5 Å². The number of rotatable bonds is 5. The Bertz CT molecular complexity index is 750. The van der Waals surface area contributed by atoms with Crippen LogP contribution in [0.25, 0.3) is 0 Å². The van der Waals surface area contributed by atoms with Gasteiger partial charge in [-0.05, 0) is 31.0 Å². The predicted octanol–water partition coefficient (Wildman–Crippen LogP) is 1.35. The molecule has 0 radical (unpaired) electrons. The van der Waals surface area contributed by atoms with Crippen LogP contribution in [0.1, 0.15) is 23.7 Å². The molecule has 0 atom stereocenters. The van der Waals surface area contributed by atoms with E-state index in [1.165, 1.54) is 6.07 Å². The number of aryl methyl sites for hydroxylation is 3. The maximum Gasteiger partial charge on any atom is 0.240 e. The Hall–Kier alpha value is -1.86. The number of sulfonamides is 1. The second kappa shape index (κ2) is 5.87. The summed E-state index contributed by atoms with van der Waals surface area (Å²) in [6.45, 7) is 4.03. The minimum atomic E-state index is -3.58. The fourth-order valence-corrected chi connectivity index (χ4v) is 3.18. The molecule has 1 heterocycles. The monoisotopic (exact) mass is 308 g/mol. The van der Waals surface area contributed by atoms with Crippen molar-refractivity contribution >= 4 is 15.7 Å². The van der Waals surface area contributed by atoms with Crippen molar-refractivity contribution in [3.63, 3.8) is 0 Å². The fourth-order valence-electron chi connectivity index (χ4n) is 2.14. The molecule has 2 rings (SSSR count). The van der Waals surface area contributed by atoms with Crippen LogP contribution in [-0.2, 0) is 30.0 Å². The van der Waals surface area contributed by atoms with Gasteiger partial charge in [-0.1, -0.05) is 13.0 Å². The summed E-state index contributed by atoms with van der Waals surface area (Å²) in [4.78, 5) is 0.179. The molecule has 0 saturated carbocycles. The number of aromatic nitrogens is 2. The van der Waals surface area contributed by atoms with E-state index >= 15 is 0 Å². The van der Waals surface area contributed by atoms with Crippen molar-refractivity contribution in [1.29, 1.82) is 0 Å². The maximum atomic E-state index is 12.3. The molecule has 7 heteroatoms. The summed E-state index contributed by atoms with van der Waals surface area (Å²) in [7, 11) is -1.78. The molecule has 1 aromatic carbocycles. The van der Waals surface area contributed by atoms with Crippen molar-refractivity contribution in [2.75, 3.05) is 5.73 Å². The zero-order chi connectivity index (χ0) is 15.6. The lowest BCUT2D eigenvalue weighted by Crippen LogP contribution is -2.23. The Morgan fingerprint density at radius 2 is 2.05 bits per heavy atom. The van der Waals surface area contributed by atoms with Crippen LogP contribution in [0.4, 0.5) is 5.69 Å². The summed E-state index contributed by atoms with van der Waals surface area (Å²) in [6.07, 6.45) is 2.57. The van der Waals surface area contributed by atoms with Crippen molar-refractivity contribution in [3.8, 4) is 0 Å². The first kappa shape index (κ1) is 15.5. The van der Waals surface area contributed by atoms with Gasteiger partial charge < -0.3 is 5.73 Å². The SMILES string of the molecule is CCc1ccc(S(=O)(=O)NCc2cn(C)nc2C)cc1N. The largest absolute Gasteiger partial charge is 0.398 e. The normalized spacial score (nSPS) is 11.8. The van der Waals surface area contributed by atoms with Gasteiger partial charge in [0, 0.05) is 31.0 Å². The third-order valence-electron chi connectivity index (χ3n) is 3.38. The molecular formula is C14H20N4O2S. The van der Waals surface area contributed by atoms with E-state index in [-0.39, 0.29) is 11.4 Å². The number of nitrogen functional groups attached to an aromatic ring is 1. The lowest BCUT2D eigenvalue weighted by atomic mass is 10.1. The molecule has 0 aliphatic heterocycles. The lowest BCUT2D eigenvalue weighted by Gasteiger charge is -2.09. The molecule has 21 heavy (non-hydrogen) atoms. The van der Waals surface area contributed by atoms with Crippen LogP contribution < -0.4 is 10.5 Å². The minimum Gasteiger partial charge on any atom is -0.398 e. The molecule has 1 aromatic heterocycles. The molecule has 3 N–H and O–H groups in total. The van der Waals surface area contributed by atoms with Crippen molar-refractivity contribution in [2.24, 2.45) is 7.05 Å². The first-order valence-corrected chi connectivity index (χ1v) is 8.19. The number of hydrogen-bond acceptors (Lipinski definition) is 4. The Morgan fingerprint density at radius 1 is 1.33 bits per heavy atom. The molecule has 2 aromatic rings. The quantitative estimate of drug-likeness (QED) is 0.816. The number of nitrogens with one attached hydrogen (secondary N) is 1. The summed E-state index contributed by atoms with van der Waals surface area (Å²) in [5.41, 5.74) is 8.95. The van der Waals surface area contributed by atoms with E-state index in [1.54, 1.807) is 30.1 Å². The van der Waals surface area contributed by atoms with Crippen LogP contribution in [0.2, 0.25) is 0 Å². The summed E-state index contributed by atoms with van der Waals surface area (Å²) in [6, 6.07) is 4.82. The van der Waals surface area contributed by atoms with Gasteiger partial charge in [-0.3, -0.25) is 4.68 Å². The topological polar surface area (TPSA) is 90.0 Å². The number of anilines is 1. The number of benzene rings is 1. The molecule has 0 spiro atoms. The zero-order valence-electron chi connectivity index (χ0n) is 12.4. The highest BCUT2D eigenvalue weighted by Crippen LogP contribution is 2.18. The Balaban J connectivity index is 2.18. The smallest absolute Gasteiger partial charge is 0.240 e. The Labute approximate surface area is 125 Å². The molecule has 6 nitrogen and oxygen atoms in total. The van der Waals surface area contributed by atoms with Crippen LogP contribution in [0.15, 0.2) is 29.3 Å². The van der Waals surface area contributed by atoms with Crippen molar-refractivity contribution in [2.45, 2.75) is 31.7 Å². The molecule has 0 bridgehead atoms. The van der Waals surface area contributed by atoms with Gasteiger partial charge >= 0.3 is 0 Å². The molecule has 0 saturated heterocycles. The van der Waals surface area contributed by atoms with E-state index in [4.69, 9.17) is 5.73 Å². The second-order valence-electron chi connectivity index (χ2n) is 4.95. The van der Waals surface area contributed by atoms with Crippen LogP contribution >= 0.6 is 0 Å². The summed E-state index contributed by atoms with van der Waals surface area (Å²) in [5.74, 6) is 0. The van der Waals surface area contributed by atoms with Gasteiger partial charge in [0.05, 0.1) is 10.6 Å². The van der Waals surface area contributed by atoms with Crippen LogP contribution in [-0.4, -0.2) is 18.2 Å². The molecular weight excluding hydrogens is 288 g/mol. The van der Waals surface area contributed by atoms with Gasteiger partial charge in [0.15, 0.2) is 0 Å². The molecule has 0 unspecified atom stereocenters. The van der Waals surface area contributed by atoms with Gasteiger partial charge in [-0.15, -0.1) is 0 Å². The molecule has 0 aliphatic rings. The van der Waals surface area contributed by atoms with Gasteiger partial charge in [-0.25, -0.2) is 13.1 Å². The number of hydrogen-bond donors (Lipinski definition) is 2. The average molecular weight is 308 g/mol. The standard InChI is InChI=1S/C14H20N4O2S/c1-4-11-5-6-13(7-14(11)15)21(19,20)16-8-12-9-18(3)17-10(12)2/h5-7,9,16H,4,8,15H2,1-3H3. The Kier molecular flexibility index (Phi) is 4.34. The lowest BCUT2D eigenvalue weighted by molar-refractivity contribution is 0.581. The van der Waals surface area contributed by atoms with Crippen molar-refractivity contribution < 1.29 is 8.42 Å². The van der Waals surface area contributed by atoms with Gasteiger partial charge in [0.2, 0.25) is 10.0 Å². The molecule has 0 fully saturated rings. The van der Waals surface area contributed by atoms with E-state index in [1.807, 2.05) is 13.8 Å². The number of nitrogens with two attached hydrogens (primary N) is 1. The summed E-state index contributed by atoms with van der Waals surface area (Å²) in [5, 5.41) is 4.18. The van der Waals surface area contributed by atoms with E-state index in [0.29, 0.717) is 5.69 Å². The van der Waals surface area contributed by atoms with Crippen molar-refractivity contribution in [3.05, 3.63) is 41.2 Å². The Morgan fingerprint density at radius 3 is 2.57 bits per heavy atom. The van der Waals surface area contributed by atoms with E-state index in [2.05, 4.69) is 9.82 Å². The highest BCUT2D eigenvalue weighted by atomic mass is 32.2. The summed E-state index contributed by atoms with van der Waals surface area (Å²) < 4.78 is 28.8. The second-order valence-corrected chi connectivity index (χ2v) is 6.72. The zero-order valence-corrected chi connectivity index (χ0v) is 13.2. The number of nitrogens with zero attached hydrogens (tertiary/aromatic N) is 2. The minimum absolute atomic E-state index is 0.179. The highest BCUT2D eigenvalue weighted by Gasteiger charge is 2.16. The van der Waals surface area contributed by atoms with E-state index in [9.17, 15) is 8.42 Å². The van der Waals surface area contributed by atoms with Gasteiger partial charge in [-0.2, -0.15) is 5.10 Å². The average Bonchev–Trinajstić information content (AvgIpc) is 2.74.